The molecule has 152 valence electrons. The first-order valence-electron chi connectivity index (χ1n) is 9.80. The van der Waals surface area contributed by atoms with Gasteiger partial charge in [-0.15, -0.1) is 0 Å². The molecule has 2 aromatic rings. The smallest absolute Gasteiger partial charge is 0.416 e. The minimum Gasteiger partial charge on any atom is -0.445 e. The molecule has 2 bridgehead atoms. The quantitative estimate of drug-likeness (QED) is 0.626. The first-order chi connectivity index (χ1) is 13.9. The van der Waals surface area contributed by atoms with Gasteiger partial charge in [0.15, 0.2) is 0 Å². The number of halogens is 3. The van der Waals surface area contributed by atoms with Gasteiger partial charge in [0.2, 0.25) is 0 Å². The second-order valence-electron chi connectivity index (χ2n) is 7.54. The third kappa shape index (κ3) is 4.16. The van der Waals surface area contributed by atoms with E-state index in [1.807, 2.05) is 36.4 Å². The predicted molar refractivity (Wildman–Crippen MR) is 104 cm³/mol. The molecular formula is C23H22F3NO2. The van der Waals surface area contributed by atoms with Gasteiger partial charge in [-0.2, -0.15) is 13.2 Å². The molecule has 4 rings (SSSR count). The van der Waals surface area contributed by atoms with Gasteiger partial charge in [-0.3, -0.25) is 4.90 Å². The molecule has 3 nitrogen and oxygen atoms in total. The largest absolute Gasteiger partial charge is 0.445 e. The fourth-order valence-electron chi connectivity index (χ4n) is 4.32. The molecule has 0 spiro atoms. The summed E-state index contributed by atoms with van der Waals surface area (Å²) in [7, 11) is 0. The van der Waals surface area contributed by atoms with Crippen LogP contribution in [0.4, 0.5) is 18.0 Å². The molecule has 1 amide bonds. The lowest BCUT2D eigenvalue weighted by Crippen LogP contribution is -2.51. The lowest BCUT2D eigenvalue weighted by atomic mass is 9.82. The van der Waals surface area contributed by atoms with Crippen LogP contribution in [0.15, 0.2) is 60.7 Å². The Hall–Kier alpha value is -2.76. The van der Waals surface area contributed by atoms with Crippen LogP contribution in [0.1, 0.15) is 42.4 Å². The number of alkyl halides is 3. The van der Waals surface area contributed by atoms with Crippen LogP contribution < -0.4 is 0 Å². The number of benzene rings is 2. The molecule has 6 heteroatoms. The van der Waals surface area contributed by atoms with Gasteiger partial charge in [0.05, 0.1) is 11.6 Å². The number of ether oxygens (including phenoxy) is 1. The van der Waals surface area contributed by atoms with Gasteiger partial charge in [-0.25, -0.2) is 4.79 Å². The Labute approximate surface area is 167 Å². The van der Waals surface area contributed by atoms with E-state index < -0.39 is 17.8 Å². The van der Waals surface area contributed by atoms with E-state index in [4.69, 9.17) is 4.74 Å². The number of piperidine rings is 1. The van der Waals surface area contributed by atoms with E-state index >= 15 is 0 Å². The summed E-state index contributed by atoms with van der Waals surface area (Å²) in [6.07, 6.45) is -0.130. The summed E-state index contributed by atoms with van der Waals surface area (Å²) in [5.74, 6) is 0. The first kappa shape index (κ1) is 19.6. The lowest BCUT2D eigenvalue weighted by Gasteiger charge is -2.44. The standard InChI is InChI=1S/C23H22F3NO2/c24-23(25,26)21-12-5-4-11-20(21)17-13-18-9-6-10-19(14-17)27(18)22(28)29-15-16-7-2-1-3-8-16/h1-5,7-8,11-13,18-19H,6,9-10,14-15H2. The summed E-state index contributed by atoms with van der Waals surface area (Å²) >= 11 is 0. The molecule has 0 N–H and O–H groups in total. The van der Waals surface area contributed by atoms with Crippen molar-refractivity contribution in [3.05, 3.63) is 77.4 Å². The number of hydrogen-bond acceptors (Lipinski definition) is 2. The number of carbonyl (C=O) groups excluding carboxylic acids is 1. The van der Waals surface area contributed by atoms with Gasteiger partial charge in [0, 0.05) is 6.04 Å². The fraction of sp³-hybridized carbons (Fsp3) is 0.348. The van der Waals surface area contributed by atoms with Gasteiger partial charge >= 0.3 is 12.3 Å². The van der Waals surface area contributed by atoms with Crippen LogP contribution in [0.25, 0.3) is 5.57 Å². The topological polar surface area (TPSA) is 29.5 Å². The Bertz CT molecular complexity index is 908. The second-order valence-corrected chi connectivity index (χ2v) is 7.54. The highest BCUT2D eigenvalue weighted by Gasteiger charge is 2.40. The lowest BCUT2D eigenvalue weighted by molar-refractivity contribution is -0.137. The molecule has 2 heterocycles. The maximum absolute atomic E-state index is 13.4. The average molecular weight is 401 g/mol. The van der Waals surface area contributed by atoms with Crippen LogP contribution in [0.2, 0.25) is 0 Å². The monoisotopic (exact) mass is 401 g/mol. The van der Waals surface area contributed by atoms with Crippen molar-refractivity contribution in [1.29, 1.82) is 0 Å². The van der Waals surface area contributed by atoms with E-state index in [9.17, 15) is 18.0 Å². The van der Waals surface area contributed by atoms with E-state index in [0.717, 1.165) is 30.9 Å². The summed E-state index contributed by atoms with van der Waals surface area (Å²) in [6.45, 7) is 0.184. The van der Waals surface area contributed by atoms with Crippen LogP contribution in [0.5, 0.6) is 0 Å². The Morgan fingerprint density at radius 2 is 1.76 bits per heavy atom. The van der Waals surface area contributed by atoms with Crippen LogP contribution in [-0.2, 0) is 17.5 Å². The summed E-state index contributed by atoms with van der Waals surface area (Å²) in [4.78, 5) is 14.5. The van der Waals surface area contributed by atoms with E-state index in [2.05, 4.69) is 0 Å². The highest BCUT2D eigenvalue weighted by Crippen LogP contribution is 2.41. The summed E-state index contributed by atoms with van der Waals surface area (Å²) in [5, 5.41) is 0. The van der Waals surface area contributed by atoms with Gasteiger partial charge in [0.1, 0.15) is 6.61 Å². The third-order valence-corrected chi connectivity index (χ3v) is 5.63. The Kier molecular flexibility index (Phi) is 5.35. The summed E-state index contributed by atoms with van der Waals surface area (Å²) in [5.41, 5.74) is 1.16. The summed E-state index contributed by atoms with van der Waals surface area (Å²) < 4.78 is 45.8. The molecule has 2 aliphatic heterocycles. The number of nitrogens with zero attached hydrogens (tertiary/aromatic N) is 1. The Morgan fingerprint density at radius 3 is 2.48 bits per heavy atom. The van der Waals surface area contributed by atoms with Gasteiger partial charge < -0.3 is 4.74 Å². The number of hydrogen-bond donors (Lipinski definition) is 0. The SMILES string of the molecule is O=C(OCc1ccccc1)N1C2C=C(c3ccccc3C(F)(F)F)CC1CCC2. The molecule has 0 aromatic heterocycles. The maximum Gasteiger partial charge on any atom is 0.416 e. The van der Waals surface area contributed by atoms with Crippen molar-refractivity contribution in [2.24, 2.45) is 0 Å². The molecule has 2 atom stereocenters. The molecule has 2 aliphatic rings. The molecule has 0 saturated carbocycles. The average Bonchev–Trinajstić information content (AvgIpc) is 2.71. The van der Waals surface area contributed by atoms with E-state index in [1.165, 1.54) is 12.1 Å². The van der Waals surface area contributed by atoms with Crippen LogP contribution in [0, 0.1) is 0 Å². The predicted octanol–water partition coefficient (Wildman–Crippen LogP) is 6.05. The van der Waals surface area contributed by atoms with Crippen molar-refractivity contribution in [2.45, 2.75) is 50.6 Å². The van der Waals surface area contributed by atoms with Crippen LogP contribution in [-0.4, -0.2) is 23.1 Å². The number of rotatable bonds is 3. The van der Waals surface area contributed by atoms with Crippen LogP contribution >= 0.6 is 0 Å². The molecule has 0 aliphatic carbocycles. The molecular weight excluding hydrogens is 379 g/mol. The summed E-state index contributed by atoms with van der Waals surface area (Å²) in [6, 6.07) is 14.7. The minimum atomic E-state index is -4.40. The third-order valence-electron chi connectivity index (χ3n) is 5.63. The van der Waals surface area contributed by atoms with Gasteiger partial charge in [0.25, 0.3) is 0 Å². The van der Waals surface area contributed by atoms with Crippen molar-refractivity contribution in [2.75, 3.05) is 0 Å². The normalized spacial score (nSPS) is 21.5. The van der Waals surface area contributed by atoms with Crippen LogP contribution in [0.3, 0.4) is 0 Å². The van der Waals surface area contributed by atoms with Gasteiger partial charge in [-0.05, 0) is 48.4 Å². The van der Waals surface area contributed by atoms with E-state index in [-0.39, 0.29) is 24.3 Å². The highest BCUT2D eigenvalue weighted by molar-refractivity contribution is 5.75. The minimum absolute atomic E-state index is 0.140. The zero-order valence-corrected chi connectivity index (χ0v) is 15.9. The van der Waals surface area contributed by atoms with Gasteiger partial charge in [-0.1, -0.05) is 54.6 Å². The molecule has 2 aromatic carbocycles. The first-order valence-corrected chi connectivity index (χ1v) is 9.80. The number of fused-ring (bicyclic) bond motifs is 2. The van der Waals surface area contributed by atoms with E-state index in [0.29, 0.717) is 12.0 Å². The van der Waals surface area contributed by atoms with Crippen molar-refractivity contribution >= 4 is 11.7 Å². The Balaban J connectivity index is 1.56. The Morgan fingerprint density at radius 1 is 1.03 bits per heavy atom. The molecule has 29 heavy (non-hydrogen) atoms. The second kappa shape index (κ2) is 7.93. The zero-order chi connectivity index (χ0) is 20.4. The fourth-order valence-corrected chi connectivity index (χ4v) is 4.32. The zero-order valence-electron chi connectivity index (χ0n) is 15.9. The number of carbonyl (C=O) groups is 1. The molecule has 2 unspecified atom stereocenters. The maximum atomic E-state index is 13.4. The van der Waals surface area contributed by atoms with Crippen molar-refractivity contribution in [3.63, 3.8) is 0 Å². The number of amides is 1. The van der Waals surface area contributed by atoms with E-state index in [1.54, 1.807) is 11.0 Å². The van der Waals surface area contributed by atoms with Crippen molar-refractivity contribution in [3.8, 4) is 0 Å². The molecule has 1 fully saturated rings. The van der Waals surface area contributed by atoms with Crippen molar-refractivity contribution < 1.29 is 22.7 Å². The van der Waals surface area contributed by atoms with Crippen molar-refractivity contribution in [1.82, 2.24) is 4.90 Å². The molecule has 0 radical (unpaired) electrons. The highest BCUT2D eigenvalue weighted by atomic mass is 19.4. The molecule has 1 saturated heterocycles.